The molecule has 190 valence electrons. The van der Waals surface area contributed by atoms with Crippen LogP contribution in [-0.2, 0) is 11.3 Å². The molecule has 3 heterocycles. The minimum atomic E-state index is -0.581. The first-order valence-corrected chi connectivity index (χ1v) is 12.3. The van der Waals surface area contributed by atoms with Gasteiger partial charge in [-0.25, -0.2) is 14.6 Å². The second-order valence-electron chi connectivity index (χ2n) is 9.83. The van der Waals surface area contributed by atoms with E-state index in [1.165, 1.54) is 4.57 Å². The molecule has 1 atom stereocenters. The molecule has 0 bridgehead atoms. The van der Waals surface area contributed by atoms with Gasteiger partial charge in [0, 0.05) is 43.3 Å². The van der Waals surface area contributed by atoms with Gasteiger partial charge in [-0.3, -0.25) is 9.36 Å². The van der Waals surface area contributed by atoms with E-state index in [-0.39, 0.29) is 12.1 Å². The molecule has 1 saturated heterocycles. The fourth-order valence-corrected chi connectivity index (χ4v) is 4.68. The highest BCUT2D eigenvalue weighted by Gasteiger charge is 2.32. The molecule has 1 aromatic carbocycles. The van der Waals surface area contributed by atoms with Gasteiger partial charge >= 0.3 is 11.8 Å². The molecule has 2 aromatic heterocycles. The largest absolute Gasteiger partial charge is 0.444 e. The van der Waals surface area contributed by atoms with Gasteiger partial charge in [0.15, 0.2) is 6.29 Å². The lowest BCUT2D eigenvalue weighted by atomic mass is 10.0. The van der Waals surface area contributed by atoms with Gasteiger partial charge < -0.3 is 14.5 Å². The highest BCUT2D eigenvalue weighted by atomic mass is 35.5. The Morgan fingerprint density at radius 1 is 1.22 bits per heavy atom. The second-order valence-corrected chi connectivity index (χ2v) is 10.2. The molecule has 3 aromatic rings. The summed E-state index contributed by atoms with van der Waals surface area (Å²) in [5.74, 6) is 0.473. The molecular weight excluding hydrogens is 482 g/mol. The van der Waals surface area contributed by atoms with Crippen molar-refractivity contribution in [2.24, 2.45) is 0 Å². The molecule has 36 heavy (non-hydrogen) atoms. The van der Waals surface area contributed by atoms with Crippen LogP contribution in [0.15, 0.2) is 35.1 Å². The minimum absolute atomic E-state index is 0.131. The zero-order valence-electron chi connectivity index (χ0n) is 21.1. The van der Waals surface area contributed by atoms with E-state index in [0.717, 1.165) is 6.29 Å². The maximum Gasteiger partial charge on any atom is 0.410 e. The van der Waals surface area contributed by atoms with Gasteiger partial charge in [-0.05, 0) is 40.7 Å². The molecule has 1 aliphatic heterocycles. The van der Waals surface area contributed by atoms with E-state index in [9.17, 15) is 14.4 Å². The predicted octanol–water partition coefficient (Wildman–Crippen LogP) is 4.39. The van der Waals surface area contributed by atoms with Crippen LogP contribution in [0.25, 0.3) is 22.3 Å². The van der Waals surface area contributed by atoms with Crippen LogP contribution < -0.4 is 10.6 Å². The van der Waals surface area contributed by atoms with Crippen molar-refractivity contribution in [3.8, 4) is 11.3 Å². The third-order valence-electron chi connectivity index (χ3n) is 6.10. The Morgan fingerprint density at radius 2 is 1.94 bits per heavy atom. The quantitative estimate of drug-likeness (QED) is 0.479. The molecule has 4 rings (SSSR count). The van der Waals surface area contributed by atoms with E-state index >= 15 is 0 Å². The van der Waals surface area contributed by atoms with Crippen LogP contribution in [-0.4, -0.2) is 63.1 Å². The number of benzene rings is 1. The molecule has 0 unspecified atom stereocenters. The zero-order chi connectivity index (χ0) is 26.2. The number of pyridine rings is 1. The second kappa shape index (κ2) is 9.89. The van der Waals surface area contributed by atoms with Crippen molar-refractivity contribution >= 4 is 40.8 Å². The highest BCUT2D eigenvalue weighted by Crippen LogP contribution is 2.34. The SMILES string of the molecule is CCn1c(=O)nc(N2CCN(C(=O)OC(C)(C)C)C[C@@H]2C)c2cc(Cl)c(-c3ccccc3C=O)nc21. The van der Waals surface area contributed by atoms with E-state index in [0.29, 0.717) is 64.9 Å². The number of halogens is 1. The number of rotatable bonds is 4. The average Bonchev–Trinajstić information content (AvgIpc) is 2.82. The number of fused-ring (bicyclic) bond motifs is 1. The van der Waals surface area contributed by atoms with Crippen molar-refractivity contribution in [1.29, 1.82) is 0 Å². The number of carbonyl (C=O) groups is 2. The Labute approximate surface area is 214 Å². The summed E-state index contributed by atoms with van der Waals surface area (Å²) in [5.41, 5.74) is 0.904. The van der Waals surface area contributed by atoms with Gasteiger partial charge in [-0.2, -0.15) is 4.98 Å². The molecular formula is C26H30ClN5O4. The standard InChI is InChI=1S/C26H30ClN5O4/c1-6-31-22-19(13-20(27)21(28-22)18-10-8-7-9-17(18)15-33)23(29-24(31)34)32-12-11-30(14-16(32)2)25(35)36-26(3,4)5/h7-10,13,15-16H,6,11-12,14H2,1-5H3/t16-/m0/s1. The molecule has 0 radical (unpaired) electrons. The Hall–Kier alpha value is -3.46. The number of aryl methyl sites for hydroxylation is 1. The molecule has 9 nitrogen and oxygen atoms in total. The van der Waals surface area contributed by atoms with Gasteiger partial charge in [0.05, 0.1) is 16.1 Å². The molecule has 1 amide bonds. The van der Waals surface area contributed by atoms with Crippen molar-refractivity contribution in [2.75, 3.05) is 24.5 Å². The fourth-order valence-electron chi connectivity index (χ4n) is 4.42. The predicted molar refractivity (Wildman–Crippen MR) is 140 cm³/mol. The van der Waals surface area contributed by atoms with E-state index < -0.39 is 11.3 Å². The zero-order valence-corrected chi connectivity index (χ0v) is 21.9. The Bertz CT molecular complexity index is 1380. The summed E-state index contributed by atoms with van der Waals surface area (Å²) in [6.45, 7) is 11.0. The summed E-state index contributed by atoms with van der Waals surface area (Å²) >= 11 is 6.69. The monoisotopic (exact) mass is 511 g/mol. The van der Waals surface area contributed by atoms with Crippen molar-refractivity contribution in [3.63, 3.8) is 0 Å². The Balaban J connectivity index is 1.78. The van der Waals surface area contributed by atoms with Crippen LogP contribution in [0.2, 0.25) is 5.02 Å². The number of aromatic nitrogens is 3. The van der Waals surface area contributed by atoms with Gasteiger partial charge in [0.2, 0.25) is 0 Å². The van der Waals surface area contributed by atoms with E-state index in [2.05, 4.69) is 4.98 Å². The topological polar surface area (TPSA) is 97.6 Å². The number of nitrogens with zero attached hydrogens (tertiary/aromatic N) is 5. The van der Waals surface area contributed by atoms with Crippen molar-refractivity contribution in [2.45, 2.75) is 52.8 Å². The Kier molecular flexibility index (Phi) is 7.04. The van der Waals surface area contributed by atoms with Gasteiger partial charge in [0.1, 0.15) is 17.1 Å². The number of hydrogen-bond acceptors (Lipinski definition) is 7. The lowest BCUT2D eigenvalue weighted by Gasteiger charge is -2.41. The van der Waals surface area contributed by atoms with Crippen LogP contribution in [0, 0.1) is 0 Å². The molecule has 0 aliphatic carbocycles. The van der Waals surface area contributed by atoms with Crippen LogP contribution in [0.4, 0.5) is 10.6 Å². The summed E-state index contributed by atoms with van der Waals surface area (Å²) < 4.78 is 7.01. The highest BCUT2D eigenvalue weighted by molar-refractivity contribution is 6.34. The van der Waals surface area contributed by atoms with Crippen LogP contribution in [0.1, 0.15) is 45.0 Å². The fraction of sp³-hybridized carbons (Fsp3) is 0.423. The smallest absolute Gasteiger partial charge is 0.410 e. The number of aldehydes is 1. The Morgan fingerprint density at radius 3 is 2.58 bits per heavy atom. The van der Waals surface area contributed by atoms with E-state index in [1.54, 1.807) is 35.2 Å². The molecule has 0 spiro atoms. The lowest BCUT2D eigenvalue weighted by molar-refractivity contribution is 0.0218. The number of piperazine rings is 1. The first kappa shape index (κ1) is 25.6. The van der Waals surface area contributed by atoms with Crippen LogP contribution in [0.5, 0.6) is 0 Å². The number of anilines is 1. The first-order valence-electron chi connectivity index (χ1n) is 11.9. The van der Waals surface area contributed by atoms with Crippen molar-refractivity contribution < 1.29 is 14.3 Å². The maximum atomic E-state index is 13.0. The lowest BCUT2D eigenvalue weighted by Crippen LogP contribution is -2.55. The number of ether oxygens (including phenoxy) is 1. The van der Waals surface area contributed by atoms with Gasteiger partial charge in [-0.1, -0.05) is 35.9 Å². The molecule has 1 aliphatic rings. The van der Waals surface area contributed by atoms with E-state index in [4.69, 9.17) is 21.3 Å². The summed E-state index contributed by atoms with van der Waals surface area (Å²) in [6.07, 6.45) is 0.394. The molecule has 0 saturated carbocycles. The van der Waals surface area contributed by atoms with Crippen LogP contribution >= 0.6 is 11.6 Å². The maximum absolute atomic E-state index is 13.0. The van der Waals surface area contributed by atoms with Crippen molar-refractivity contribution in [1.82, 2.24) is 19.4 Å². The number of amides is 1. The molecule has 10 heteroatoms. The third-order valence-corrected chi connectivity index (χ3v) is 6.38. The van der Waals surface area contributed by atoms with Crippen molar-refractivity contribution in [3.05, 3.63) is 51.4 Å². The summed E-state index contributed by atoms with van der Waals surface area (Å²) in [6, 6.07) is 8.67. The normalized spacial score (nSPS) is 16.3. The average molecular weight is 512 g/mol. The number of hydrogen-bond donors (Lipinski definition) is 0. The van der Waals surface area contributed by atoms with Gasteiger partial charge in [0.25, 0.3) is 0 Å². The molecule has 1 fully saturated rings. The summed E-state index contributed by atoms with van der Waals surface area (Å²) in [7, 11) is 0. The van der Waals surface area contributed by atoms with Crippen LogP contribution in [0.3, 0.4) is 0 Å². The third kappa shape index (κ3) is 4.93. The minimum Gasteiger partial charge on any atom is -0.444 e. The summed E-state index contributed by atoms with van der Waals surface area (Å²) in [4.78, 5) is 50.1. The molecule has 0 N–H and O–H groups in total. The van der Waals surface area contributed by atoms with Gasteiger partial charge in [-0.15, -0.1) is 0 Å². The summed E-state index contributed by atoms with van der Waals surface area (Å²) in [5, 5.41) is 0.979. The van der Waals surface area contributed by atoms with E-state index in [1.807, 2.05) is 39.5 Å². The number of carbonyl (C=O) groups excluding carboxylic acids is 2. The first-order chi connectivity index (χ1) is 17.0.